The largest absolute Gasteiger partial charge is 0.382 e. The van der Waals surface area contributed by atoms with Gasteiger partial charge in [-0.3, -0.25) is 9.59 Å². The fourth-order valence-corrected chi connectivity index (χ4v) is 2.13. The zero-order valence-electron chi connectivity index (χ0n) is 13.9. The zero-order valence-corrected chi connectivity index (χ0v) is 14.7. The van der Waals surface area contributed by atoms with Crippen LogP contribution in [0.3, 0.4) is 0 Å². The molecule has 6 heteroatoms. The van der Waals surface area contributed by atoms with Gasteiger partial charge < -0.3 is 15.4 Å². The van der Waals surface area contributed by atoms with Crippen LogP contribution in [0, 0.1) is 5.92 Å². The number of rotatable bonds is 9. The molecule has 23 heavy (non-hydrogen) atoms. The molecule has 1 atom stereocenters. The van der Waals surface area contributed by atoms with E-state index in [1.54, 1.807) is 24.3 Å². The van der Waals surface area contributed by atoms with Gasteiger partial charge in [0.05, 0.1) is 0 Å². The number of hydrogen-bond donors (Lipinski definition) is 2. The van der Waals surface area contributed by atoms with Crippen molar-refractivity contribution in [3.63, 3.8) is 0 Å². The summed E-state index contributed by atoms with van der Waals surface area (Å²) in [7, 11) is 0. The van der Waals surface area contributed by atoms with Crippen LogP contribution in [0.4, 0.5) is 0 Å². The van der Waals surface area contributed by atoms with Crippen LogP contribution in [0.15, 0.2) is 24.3 Å². The lowest BCUT2D eigenvalue weighted by atomic mass is 10.0. The number of hydrogen-bond acceptors (Lipinski definition) is 3. The van der Waals surface area contributed by atoms with Gasteiger partial charge in [-0.15, -0.1) is 0 Å². The van der Waals surface area contributed by atoms with E-state index in [0.29, 0.717) is 30.3 Å². The summed E-state index contributed by atoms with van der Waals surface area (Å²) in [6.45, 7) is 7.53. The Bertz CT molecular complexity index is 503. The number of halogens is 1. The lowest BCUT2D eigenvalue weighted by Crippen LogP contribution is -2.50. The van der Waals surface area contributed by atoms with E-state index in [0.717, 1.165) is 6.42 Å². The van der Waals surface area contributed by atoms with Crippen LogP contribution in [-0.4, -0.2) is 37.6 Å². The average molecular weight is 341 g/mol. The lowest BCUT2D eigenvalue weighted by Gasteiger charge is -2.21. The molecule has 0 saturated heterocycles. The third-order valence-electron chi connectivity index (χ3n) is 3.31. The van der Waals surface area contributed by atoms with Crippen LogP contribution in [0.2, 0.25) is 5.02 Å². The van der Waals surface area contributed by atoms with Gasteiger partial charge in [-0.2, -0.15) is 0 Å². The van der Waals surface area contributed by atoms with Crippen LogP contribution in [-0.2, 0) is 9.53 Å². The highest BCUT2D eigenvalue weighted by Gasteiger charge is 2.24. The van der Waals surface area contributed by atoms with Crippen molar-refractivity contribution in [3.05, 3.63) is 34.9 Å². The molecule has 2 amide bonds. The third kappa shape index (κ3) is 7.01. The van der Waals surface area contributed by atoms with E-state index >= 15 is 0 Å². The van der Waals surface area contributed by atoms with Crippen molar-refractivity contribution in [1.82, 2.24) is 10.6 Å². The molecule has 5 nitrogen and oxygen atoms in total. The molecule has 2 N–H and O–H groups in total. The molecular weight excluding hydrogens is 316 g/mol. The van der Waals surface area contributed by atoms with E-state index in [1.807, 2.05) is 20.8 Å². The van der Waals surface area contributed by atoms with Gasteiger partial charge in [0, 0.05) is 30.3 Å². The molecule has 0 unspecified atom stereocenters. The summed E-state index contributed by atoms with van der Waals surface area (Å²) in [5, 5.41) is 6.18. The number of ether oxygens (including phenoxy) is 1. The molecule has 128 valence electrons. The minimum Gasteiger partial charge on any atom is -0.382 e. The summed E-state index contributed by atoms with van der Waals surface area (Å²) in [5.41, 5.74) is 0.476. The normalized spacial score (nSPS) is 12.0. The van der Waals surface area contributed by atoms with Gasteiger partial charge in [0.1, 0.15) is 6.04 Å². The zero-order chi connectivity index (χ0) is 17.2. The molecule has 0 aliphatic rings. The Hall–Kier alpha value is -1.59. The van der Waals surface area contributed by atoms with E-state index in [4.69, 9.17) is 16.3 Å². The van der Waals surface area contributed by atoms with Crippen LogP contribution < -0.4 is 10.6 Å². The van der Waals surface area contributed by atoms with Crippen molar-refractivity contribution in [3.8, 4) is 0 Å². The molecule has 0 aliphatic carbocycles. The number of amides is 2. The average Bonchev–Trinajstić information content (AvgIpc) is 2.52. The van der Waals surface area contributed by atoms with E-state index in [2.05, 4.69) is 10.6 Å². The first-order valence-electron chi connectivity index (χ1n) is 7.87. The maximum Gasteiger partial charge on any atom is 0.251 e. The predicted molar refractivity (Wildman–Crippen MR) is 91.7 cm³/mol. The van der Waals surface area contributed by atoms with Gasteiger partial charge in [-0.1, -0.05) is 25.4 Å². The Labute approximate surface area is 142 Å². The van der Waals surface area contributed by atoms with Crippen LogP contribution in [0.5, 0.6) is 0 Å². The number of carbonyl (C=O) groups is 2. The van der Waals surface area contributed by atoms with Crippen LogP contribution >= 0.6 is 11.6 Å². The Morgan fingerprint density at radius 3 is 2.43 bits per heavy atom. The van der Waals surface area contributed by atoms with Crippen LogP contribution in [0.25, 0.3) is 0 Å². The minimum atomic E-state index is -0.578. The number of nitrogens with one attached hydrogen (secondary N) is 2. The molecule has 0 spiro atoms. The smallest absolute Gasteiger partial charge is 0.251 e. The first-order chi connectivity index (χ1) is 11.0. The van der Waals surface area contributed by atoms with E-state index in [9.17, 15) is 9.59 Å². The third-order valence-corrected chi connectivity index (χ3v) is 3.56. The van der Waals surface area contributed by atoms with Crippen molar-refractivity contribution in [2.45, 2.75) is 33.2 Å². The highest BCUT2D eigenvalue weighted by atomic mass is 35.5. The lowest BCUT2D eigenvalue weighted by molar-refractivity contribution is -0.123. The van der Waals surface area contributed by atoms with Crippen molar-refractivity contribution in [2.24, 2.45) is 5.92 Å². The highest BCUT2D eigenvalue weighted by Crippen LogP contribution is 2.10. The van der Waals surface area contributed by atoms with E-state index in [-0.39, 0.29) is 17.7 Å². The van der Waals surface area contributed by atoms with Crippen molar-refractivity contribution >= 4 is 23.4 Å². The SMILES string of the molecule is CCOCCCNC(=O)[C@@H](NC(=O)c1ccc(Cl)cc1)C(C)C. The predicted octanol–water partition coefficient (Wildman–Crippen LogP) is 2.64. The Morgan fingerprint density at radius 1 is 1.22 bits per heavy atom. The Balaban J connectivity index is 2.55. The van der Waals surface area contributed by atoms with Gasteiger partial charge in [0.25, 0.3) is 5.91 Å². The molecular formula is C17H25ClN2O3. The summed E-state index contributed by atoms with van der Waals surface area (Å²) in [5.74, 6) is -0.484. The molecule has 1 rings (SSSR count). The molecule has 1 aromatic carbocycles. The first-order valence-corrected chi connectivity index (χ1v) is 8.25. The highest BCUT2D eigenvalue weighted by molar-refractivity contribution is 6.30. The molecule has 0 aromatic heterocycles. The summed E-state index contributed by atoms with van der Waals surface area (Å²) < 4.78 is 5.22. The number of benzene rings is 1. The molecule has 0 bridgehead atoms. The topological polar surface area (TPSA) is 67.4 Å². The van der Waals surface area contributed by atoms with Gasteiger partial charge >= 0.3 is 0 Å². The van der Waals surface area contributed by atoms with Gasteiger partial charge in [0.15, 0.2) is 0 Å². The van der Waals surface area contributed by atoms with Gasteiger partial charge in [-0.25, -0.2) is 0 Å². The van der Waals surface area contributed by atoms with E-state index < -0.39 is 6.04 Å². The number of carbonyl (C=O) groups excluding carboxylic acids is 2. The van der Waals surface area contributed by atoms with Crippen LogP contribution in [0.1, 0.15) is 37.6 Å². The Morgan fingerprint density at radius 2 is 1.87 bits per heavy atom. The van der Waals surface area contributed by atoms with Crippen molar-refractivity contribution < 1.29 is 14.3 Å². The maximum atomic E-state index is 12.3. The Kier molecular flexibility index (Phi) is 8.66. The summed E-state index contributed by atoms with van der Waals surface area (Å²) in [6.07, 6.45) is 0.746. The van der Waals surface area contributed by atoms with Gasteiger partial charge in [-0.05, 0) is 43.5 Å². The molecule has 0 heterocycles. The second-order valence-corrected chi connectivity index (χ2v) is 5.98. The quantitative estimate of drug-likeness (QED) is 0.679. The maximum absolute atomic E-state index is 12.3. The van der Waals surface area contributed by atoms with Gasteiger partial charge in [0.2, 0.25) is 5.91 Å². The standard InChI is InChI=1S/C17H25ClN2O3/c1-4-23-11-5-10-19-17(22)15(12(2)3)20-16(21)13-6-8-14(18)9-7-13/h6-9,12,15H,4-5,10-11H2,1-3H3,(H,19,22)(H,20,21)/t15-/m0/s1. The fraction of sp³-hybridized carbons (Fsp3) is 0.529. The summed E-state index contributed by atoms with van der Waals surface area (Å²) >= 11 is 5.81. The molecule has 1 aromatic rings. The second-order valence-electron chi connectivity index (χ2n) is 5.54. The van der Waals surface area contributed by atoms with E-state index in [1.165, 1.54) is 0 Å². The first kappa shape index (κ1) is 19.5. The molecule has 0 fully saturated rings. The molecule has 0 saturated carbocycles. The summed E-state index contributed by atoms with van der Waals surface area (Å²) in [6, 6.07) is 5.98. The summed E-state index contributed by atoms with van der Waals surface area (Å²) in [4.78, 5) is 24.5. The minimum absolute atomic E-state index is 0.0156. The van der Waals surface area contributed by atoms with Crippen molar-refractivity contribution in [1.29, 1.82) is 0 Å². The fourth-order valence-electron chi connectivity index (χ4n) is 2.00. The van der Waals surface area contributed by atoms with Crippen molar-refractivity contribution in [2.75, 3.05) is 19.8 Å². The molecule has 0 radical (unpaired) electrons. The second kappa shape index (κ2) is 10.2. The molecule has 0 aliphatic heterocycles. The monoisotopic (exact) mass is 340 g/mol.